The van der Waals surface area contributed by atoms with Crippen LogP contribution in [0.1, 0.15) is 11.8 Å². The molecule has 0 saturated heterocycles. The van der Waals surface area contributed by atoms with Crippen LogP contribution >= 0.6 is 45.9 Å². The van der Waals surface area contributed by atoms with Crippen LogP contribution in [0.25, 0.3) is 16.3 Å². The number of nitrogens with zero attached hydrogens (tertiary/aromatic N) is 2. The predicted octanol–water partition coefficient (Wildman–Crippen LogP) is 4.77. The molecular weight excluding hydrogens is 427 g/mol. The van der Waals surface area contributed by atoms with E-state index in [-0.39, 0.29) is 13.2 Å². The average Bonchev–Trinajstić information content (AvgIpc) is 3.22. The Morgan fingerprint density at radius 3 is 2.85 bits per heavy atom. The molecule has 1 amide bonds. The van der Waals surface area contributed by atoms with Crippen LogP contribution < -0.4 is 4.80 Å². The second kappa shape index (κ2) is 8.84. The molecule has 0 aliphatic carbocycles. The number of hydrogen-bond donors (Lipinski definition) is 0. The summed E-state index contributed by atoms with van der Waals surface area (Å²) < 4.78 is 7.32. The van der Waals surface area contributed by atoms with E-state index in [0.29, 0.717) is 20.4 Å². The highest BCUT2D eigenvalue weighted by Gasteiger charge is 2.15. The van der Waals surface area contributed by atoms with Crippen LogP contribution in [0.4, 0.5) is 0 Å². The Balaban J connectivity index is 2.06. The summed E-state index contributed by atoms with van der Waals surface area (Å²) in [5, 5.41) is 2.76. The zero-order valence-electron chi connectivity index (χ0n) is 14.1. The van der Waals surface area contributed by atoms with Crippen LogP contribution in [-0.4, -0.2) is 23.1 Å². The summed E-state index contributed by atoms with van der Waals surface area (Å²) in [5.74, 6) is -0.874. The third-order valence-electron chi connectivity index (χ3n) is 3.43. The number of thiophene rings is 1. The van der Waals surface area contributed by atoms with E-state index in [2.05, 4.69) is 4.99 Å². The quantitative estimate of drug-likeness (QED) is 0.423. The molecule has 2 heterocycles. The molecule has 0 saturated carbocycles. The molecule has 2 aromatic heterocycles. The Morgan fingerprint density at radius 1 is 1.33 bits per heavy atom. The number of rotatable bonds is 5. The van der Waals surface area contributed by atoms with Gasteiger partial charge in [-0.15, -0.1) is 11.3 Å². The lowest BCUT2D eigenvalue weighted by Gasteiger charge is -2.06. The zero-order chi connectivity index (χ0) is 19.4. The van der Waals surface area contributed by atoms with E-state index in [9.17, 15) is 9.59 Å². The lowest BCUT2D eigenvalue weighted by Crippen LogP contribution is -2.23. The molecule has 0 fully saturated rings. The molecule has 0 atom stereocenters. The van der Waals surface area contributed by atoms with Gasteiger partial charge in [-0.05, 0) is 36.6 Å². The minimum atomic E-state index is -0.439. The second-order valence-corrected chi connectivity index (χ2v) is 8.14. The van der Waals surface area contributed by atoms with Gasteiger partial charge in [-0.2, -0.15) is 4.99 Å². The fourth-order valence-electron chi connectivity index (χ4n) is 2.37. The topological polar surface area (TPSA) is 60.7 Å². The van der Waals surface area contributed by atoms with E-state index in [1.807, 2.05) is 17.5 Å². The van der Waals surface area contributed by atoms with E-state index in [1.54, 1.807) is 29.7 Å². The number of amides is 1. The third-order valence-corrected chi connectivity index (χ3v) is 5.80. The summed E-state index contributed by atoms with van der Waals surface area (Å²) in [5.41, 5.74) is 0.591. The van der Waals surface area contributed by atoms with Gasteiger partial charge in [0.2, 0.25) is 0 Å². The average molecular weight is 441 g/mol. The number of carbonyl (C=O) groups is 2. The minimum Gasteiger partial charge on any atom is -0.465 e. The van der Waals surface area contributed by atoms with Crippen molar-refractivity contribution in [2.75, 3.05) is 6.61 Å². The smallest absolute Gasteiger partial charge is 0.326 e. The summed E-state index contributed by atoms with van der Waals surface area (Å²) in [6.45, 7) is 1.89. The van der Waals surface area contributed by atoms with Crippen molar-refractivity contribution in [2.24, 2.45) is 4.99 Å². The maximum absolute atomic E-state index is 12.3. The van der Waals surface area contributed by atoms with Crippen LogP contribution in [0.5, 0.6) is 0 Å². The highest BCUT2D eigenvalue weighted by molar-refractivity contribution is 7.16. The van der Waals surface area contributed by atoms with Crippen molar-refractivity contribution in [1.29, 1.82) is 0 Å². The van der Waals surface area contributed by atoms with Gasteiger partial charge in [-0.3, -0.25) is 9.59 Å². The van der Waals surface area contributed by atoms with Gasteiger partial charge in [-0.25, -0.2) is 0 Å². The third kappa shape index (κ3) is 4.87. The number of hydrogen-bond acceptors (Lipinski definition) is 5. The molecular formula is C18H14Cl2N2O3S2. The Kier molecular flexibility index (Phi) is 6.49. The molecule has 0 bridgehead atoms. The Labute approximate surface area is 173 Å². The van der Waals surface area contributed by atoms with Crippen molar-refractivity contribution >= 4 is 74.0 Å². The first-order chi connectivity index (χ1) is 13.0. The number of benzene rings is 1. The molecule has 1 aromatic carbocycles. The van der Waals surface area contributed by atoms with Crippen molar-refractivity contribution in [3.05, 3.63) is 55.4 Å². The molecule has 0 aliphatic rings. The van der Waals surface area contributed by atoms with Gasteiger partial charge in [0.1, 0.15) is 6.54 Å². The van der Waals surface area contributed by atoms with Crippen molar-refractivity contribution < 1.29 is 14.3 Å². The Bertz CT molecular complexity index is 1080. The monoisotopic (exact) mass is 440 g/mol. The second-order valence-electron chi connectivity index (χ2n) is 5.31. The molecule has 5 nitrogen and oxygen atoms in total. The largest absolute Gasteiger partial charge is 0.465 e. The molecule has 9 heteroatoms. The van der Waals surface area contributed by atoms with Gasteiger partial charge in [0, 0.05) is 16.0 Å². The lowest BCUT2D eigenvalue weighted by atomic mass is 10.3. The number of aromatic nitrogens is 1. The minimum absolute atomic E-state index is 0.101. The molecule has 0 radical (unpaired) electrons. The summed E-state index contributed by atoms with van der Waals surface area (Å²) >= 11 is 15.1. The van der Waals surface area contributed by atoms with E-state index in [0.717, 1.165) is 9.58 Å². The standard InChI is InChI=1S/C18H14Cl2N2O3S2/c1-2-25-16(24)10-22-17-13(20)8-11(19)9-14(17)27-18(22)21-15(23)6-5-12-4-3-7-26-12/h3-9H,2,10H2,1H3/b6-5+,21-18?. The molecule has 27 heavy (non-hydrogen) atoms. The van der Waals surface area contributed by atoms with Crippen LogP contribution in [0, 0.1) is 0 Å². The van der Waals surface area contributed by atoms with Crippen molar-refractivity contribution in [2.45, 2.75) is 13.5 Å². The molecule has 0 aliphatic heterocycles. The molecule has 3 rings (SSSR count). The number of halogens is 2. The van der Waals surface area contributed by atoms with E-state index in [1.165, 1.54) is 28.7 Å². The normalized spacial score (nSPS) is 12.2. The number of ether oxygens (including phenoxy) is 1. The van der Waals surface area contributed by atoms with Crippen LogP contribution in [0.2, 0.25) is 10.0 Å². The van der Waals surface area contributed by atoms with Crippen molar-refractivity contribution in [3.63, 3.8) is 0 Å². The summed E-state index contributed by atoms with van der Waals surface area (Å²) in [6, 6.07) is 7.11. The first-order valence-corrected chi connectivity index (χ1v) is 10.4. The molecule has 0 spiro atoms. The Hall–Kier alpha value is -1.93. The van der Waals surface area contributed by atoms with Gasteiger partial charge < -0.3 is 9.30 Å². The van der Waals surface area contributed by atoms with Crippen molar-refractivity contribution in [1.82, 2.24) is 4.57 Å². The first kappa shape index (κ1) is 19.8. The van der Waals surface area contributed by atoms with Crippen LogP contribution in [-0.2, 0) is 20.9 Å². The van der Waals surface area contributed by atoms with E-state index >= 15 is 0 Å². The summed E-state index contributed by atoms with van der Waals surface area (Å²) in [4.78, 5) is 29.7. The van der Waals surface area contributed by atoms with E-state index < -0.39 is 11.9 Å². The lowest BCUT2D eigenvalue weighted by molar-refractivity contribution is -0.143. The summed E-state index contributed by atoms with van der Waals surface area (Å²) in [6.07, 6.45) is 3.09. The fraction of sp³-hybridized carbons (Fsp3) is 0.167. The number of esters is 1. The zero-order valence-corrected chi connectivity index (χ0v) is 17.3. The Morgan fingerprint density at radius 2 is 2.15 bits per heavy atom. The van der Waals surface area contributed by atoms with Gasteiger partial charge >= 0.3 is 5.97 Å². The SMILES string of the molecule is CCOC(=O)Cn1c(=NC(=O)/C=C/c2cccs2)sc2cc(Cl)cc(Cl)c21. The van der Waals surface area contributed by atoms with Gasteiger partial charge in [0.15, 0.2) is 4.80 Å². The van der Waals surface area contributed by atoms with Crippen LogP contribution in [0.15, 0.2) is 40.7 Å². The molecule has 0 unspecified atom stereocenters. The van der Waals surface area contributed by atoms with Gasteiger partial charge in [0.25, 0.3) is 5.91 Å². The maximum Gasteiger partial charge on any atom is 0.326 e. The summed E-state index contributed by atoms with van der Waals surface area (Å²) in [7, 11) is 0. The predicted molar refractivity (Wildman–Crippen MR) is 110 cm³/mol. The van der Waals surface area contributed by atoms with Gasteiger partial charge in [0.05, 0.1) is 21.8 Å². The highest BCUT2D eigenvalue weighted by atomic mass is 35.5. The number of fused-ring (bicyclic) bond motifs is 1. The van der Waals surface area contributed by atoms with Crippen LogP contribution in [0.3, 0.4) is 0 Å². The highest BCUT2D eigenvalue weighted by Crippen LogP contribution is 2.29. The first-order valence-electron chi connectivity index (χ1n) is 7.92. The van der Waals surface area contributed by atoms with E-state index in [4.69, 9.17) is 27.9 Å². The van der Waals surface area contributed by atoms with Crippen molar-refractivity contribution in [3.8, 4) is 0 Å². The maximum atomic E-state index is 12.3. The fourth-order valence-corrected chi connectivity index (χ4v) is 4.80. The molecule has 0 N–H and O–H groups in total. The number of thiazole rings is 1. The molecule has 3 aromatic rings. The molecule has 140 valence electrons. The number of carbonyl (C=O) groups excluding carboxylic acids is 2. The van der Waals surface area contributed by atoms with Gasteiger partial charge in [-0.1, -0.05) is 40.6 Å².